The highest BCUT2D eigenvalue weighted by atomic mass is 35.5. The summed E-state index contributed by atoms with van der Waals surface area (Å²) in [6.45, 7) is 9.25. The molecule has 1 rings (SSSR count). The van der Waals surface area contributed by atoms with E-state index in [1.54, 1.807) is 13.8 Å². The third kappa shape index (κ3) is 3.94. The van der Waals surface area contributed by atoms with Crippen LogP contribution in [0.25, 0.3) is 0 Å². The molecule has 1 atom stereocenters. The molecule has 1 heterocycles. The van der Waals surface area contributed by atoms with Gasteiger partial charge >= 0.3 is 5.97 Å². The highest BCUT2D eigenvalue weighted by molar-refractivity contribution is 6.31. The van der Waals surface area contributed by atoms with Gasteiger partial charge in [0.1, 0.15) is 6.04 Å². The van der Waals surface area contributed by atoms with Crippen LogP contribution in [0.1, 0.15) is 39.1 Å². The maximum atomic E-state index is 11.5. The van der Waals surface area contributed by atoms with Crippen LogP contribution in [0.15, 0.2) is 0 Å². The topological polar surface area (TPSA) is 56.1 Å². The van der Waals surface area contributed by atoms with Gasteiger partial charge in [0.2, 0.25) is 0 Å². The molecule has 1 aromatic heterocycles. The van der Waals surface area contributed by atoms with Crippen molar-refractivity contribution in [3.8, 4) is 0 Å². The number of rotatable bonds is 7. The zero-order valence-corrected chi connectivity index (χ0v) is 12.8. The van der Waals surface area contributed by atoms with Crippen molar-refractivity contribution in [1.82, 2.24) is 15.1 Å². The van der Waals surface area contributed by atoms with E-state index in [1.807, 2.05) is 18.5 Å². The molecule has 1 N–H and O–H groups in total. The van der Waals surface area contributed by atoms with Crippen LogP contribution in [0.5, 0.6) is 0 Å². The summed E-state index contributed by atoms with van der Waals surface area (Å²) >= 11 is 6.29. The number of halogens is 1. The van der Waals surface area contributed by atoms with Crippen LogP contribution in [0.4, 0.5) is 0 Å². The molecule has 6 heteroatoms. The zero-order chi connectivity index (χ0) is 14.4. The normalized spacial score (nSPS) is 12.5. The van der Waals surface area contributed by atoms with Gasteiger partial charge in [0.25, 0.3) is 0 Å². The van der Waals surface area contributed by atoms with Gasteiger partial charge in [-0.3, -0.25) is 14.8 Å². The summed E-state index contributed by atoms with van der Waals surface area (Å²) in [5.41, 5.74) is 1.81. The second-order valence-electron chi connectivity index (χ2n) is 4.23. The maximum absolute atomic E-state index is 11.5. The van der Waals surface area contributed by atoms with Gasteiger partial charge in [-0.05, 0) is 27.2 Å². The lowest BCUT2D eigenvalue weighted by atomic mass is 10.2. The van der Waals surface area contributed by atoms with Crippen molar-refractivity contribution in [2.24, 2.45) is 0 Å². The van der Waals surface area contributed by atoms with Crippen LogP contribution in [0, 0.1) is 0 Å². The van der Waals surface area contributed by atoms with E-state index in [0.717, 1.165) is 24.4 Å². The van der Waals surface area contributed by atoms with Gasteiger partial charge < -0.3 is 4.74 Å². The van der Waals surface area contributed by atoms with Crippen molar-refractivity contribution in [2.75, 3.05) is 6.61 Å². The number of esters is 1. The minimum atomic E-state index is -0.360. The van der Waals surface area contributed by atoms with Crippen molar-refractivity contribution in [3.05, 3.63) is 16.4 Å². The van der Waals surface area contributed by atoms with Gasteiger partial charge in [-0.15, -0.1) is 0 Å². The second-order valence-corrected chi connectivity index (χ2v) is 4.61. The van der Waals surface area contributed by atoms with Crippen molar-refractivity contribution in [3.63, 3.8) is 0 Å². The van der Waals surface area contributed by atoms with Gasteiger partial charge in [0.15, 0.2) is 0 Å². The van der Waals surface area contributed by atoms with E-state index in [0.29, 0.717) is 18.2 Å². The monoisotopic (exact) mass is 287 g/mol. The summed E-state index contributed by atoms with van der Waals surface area (Å²) in [4.78, 5) is 11.5. The average Bonchev–Trinajstić information content (AvgIpc) is 2.72. The number of ether oxygens (including phenoxy) is 1. The molecule has 0 amide bonds. The first-order valence-electron chi connectivity index (χ1n) is 6.69. The fourth-order valence-electron chi connectivity index (χ4n) is 1.79. The lowest BCUT2D eigenvalue weighted by Crippen LogP contribution is -2.35. The van der Waals surface area contributed by atoms with Gasteiger partial charge in [-0.25, -0.2) is 0 Å². The highest BCUT2D eigenvalue weighted by Gasteiger charge is 2.17. The molecule has 0 bridgehead atoms. The Labute approximate surface area is 119 Å². The zero-order valence-electron chi connectivity index (χ0n) is 12.0. The van der Waals surface area contributed by atoms with Crippen molar-refractivity contribution in [2.45, 2.75) is 53.2 Å². The number of nitrogens with zero attached hydrogens (tertiary/aromatic N) is 2. The third-order valence-corrected chi connectivity index (χ3v) is 3.35. The molecule has 0 aliphatic heterocycles. The number of aryl methyl sites for hydroxylation is 2. The van der Waals surface area contributed by atoms with E-state index in [-0.39, 0.29) is 12.0 Å². The molecule has 0 radical (unpaired) electrons. The molecular weight excluding hydrogens is 266 g/mol. The van der Waals surface area contributed by atoms with Crippen molar-refractivity contribution >= 4 is 17.6 Å². The summed E-state index contributed by atoms with van der Waals surface area (Å²) in [7, 11) is 0. The molecule has 5 nitrogen and oxygen atoms in total. The van der Waals surface area contributed by atoms with Gasteiger partial charge in [-0.1, -0.05) is 18.5 Å². The predicted molar refractivity (Wildman–Crippen MR) is 75.2 cm³/mol. The van der Waals surface area contributed by atoms with Gasteiger partial charge in [0, 0.05) is 13.1 Å². The molecule has 1 aromatic rings. The van der Waals surface area contributed by atoms with E-state index in [9.17, 15) is 4.79 Å². The van der Waals surface area contributed by atoms with E-state index in [4.69, 9.17) is 16.3 Å². The van der Waals surface area contributed by atoms with Gasteiger partial charge in [0.05, 0.1) is 23.0 Å². The molecule has 0 spiro atoms. The molecule has 1 unspecified atom stereocenters. The van der Waals surface area contributed by atoms with E-state index >= 15 is 0 Å². The standard InChI is InChI=1S/C13H22ClN3O2/c1-5-10-12(14)11(17(6-2)16-10)8-15-9(4)13(18)19-7-3/h9,15H,5-8H2,1-4H3. The quantitative estimate of drug-likeness (QED) is 0.781. The minimum absolute atomic E-state index is 0.253. The molecule has 0 aliphatic rings. The summed E-state index contributed by atoms with van der Waals surface area (Å²) < 4.78 is 6.82. The molecular formula is C13H22ClN3O2. The Morgan fingerprint density at radius 3 is 2.68 bits per heavy atom. The average molecular weight is 288 g/mol. The lowest BCUT2D eigenvalue weighted by molar-refractivity contribution is -0.145. The number of nitrogens with one attached hydrogen (secondary N) is 1. The van der Waals surface area contributed by atoms with Crippen LogP contribution in [-0.2, 0) is 29.0 Å². The van der Waals surface area contributed by atoms with Crippen molar-refractivity contribution < 1.29 is 9.53 Å². The van der Waals surface area contributed by atoms with E-state index < -0.39 is 0 Å². The van der Waals surface area contributed by atoms with Crippen LogP contribution >= 0.6 is 11.6 Å². The smallest absolute Gasteiger partial charge is 0.322 e. The molecule has 0 saturated carbocycles. The Balaban J connectivity index is 2.71. The largest absolute Gasteiger partial charge is 0.465 e. The van der Waals surface area contributed by atoms with Crippen LogP contribution in [0.2, 0.25) is 5.02 Å². The first-order valence-corrected chi connectivity index (χ1v) is 7.06. The third-order valence-electron chi connectivity index (χ3n) is 2.91. The Morgan fingerprint density at radius 1 is 1.47 bits per heavy atom. The summed E-state index contributed by atoms with van der Waals surface area (Å²) in [5, 5.41) is 8.24. The number of carbonyl (C=O) groups is 1. The summed E-state index contributed by atoms with van der Waals surface area (Å²) in [6.07, 6.45) is 0.798. The number of aromatic nitrogens is 2. The minimum Gasteiger partial charge on any atom is -0.465 e. The first kappa shape index (κ1) is 16.0. The second kappa shape index (κ2) is 7.50. The SMILES string of the molecule is CCOC(=O)C(C)NCc1c(Cl)c(CC)nn1CC. The Hall–Kier alpha value is -1.07. The summed E-state index contributed by atoms with van der Waals surface area (Å²) in [6, 6.07) is -0.360. The predicted octanol–water partition coefficient (Wildman–Crippen LogP) is 2.16. The van der Waals surface area contributed by atoms with Crippen molar-refractivity contribution in [1.29, 1.82) is 0 Å². The molecule has 0 aromatic carbocycles. The fraction of sp³-hybridized carbons (Fsp3) is 0.692. The molecule has 0 fully saturated rings. The Bertz CT molecular complexity index is 432. The fourth-order valence-corrected chi connectivity index (χ4v) is 2.12. The Kier molecular flexibility index (Phi) is 6.31. The Morgan fingerprint density at radius 2 is 2.16 bits per heavy atom. The highest BCUT2D eigenvalue weighted by Crippen LogP contribution is 2.21. The van der Waals surface area contributed by atoms with Crippen LogP contribution in [-0.4, -0.2) is 28.4 Å². The number of hydrogen-bond acceptors (Lipinski definition) is 4. The number of carbonyl (C=O) groups excluding carboxylic acids is 1. The van der Waals surface area contributed by atoms with Gasteiger partial charge in [-0.2, -0.15) is 5.10 Å². The molecule has 108 valence electrons. The molecule has 19 heavy (non-hydrogen) atoms. The number of hydrogen-bond donors (Lipinski definition) is 1. The van der Waals surface area contributed by atoms with Crippen LogP contribution < -0.4 is 5.32 Å². The summed E-state index contributed by atoms with van der Waals surface area (Å²) in [5.74, 6) is -0.253. The first-order chi connectivity index (χ1) is 9.04. The molecule has 0 aliphatic carbocycles. The van der Waals surface area contributed by atoms with E-state index in [1.165, 1.54) is 0 Å². The lowest BCUT2D eigenvalue weighted by Gasteiger charge is -2.13. The maximum Gasteiger partial charge on any atom is 0.322 e. The van der Waals surface area contributed by atoms with Crippen LogP contribution in [0.3, 0.4) is 0 Å². The van der Waals surface area contributed by atoms with E-state index in [2.05, 4.69) is 10.4 Å². The molecule has 0 saturated heterocycles.